The summed E-state index contributed by atoms with van der Waals surface area (Å²) in [7, 11) is 1.55. The number of rotatable bonds is 5. The topological polar surface area (TPSA) is 77.3 Å². The first-order valence-electron chi connectivity index (χ1n) is 5.16. The number of anilines is 1. The van der Waals surface area contributed by atoms with E-state index in [1.54, 1.807) is 25.4 Å². The van der Waals surface area contributed by atoms with Crippen molar-refractivity contribution >= 4 is 22.0 Å². The molecule has 0 bridgehead atoms. The number of hydrogen-bond donors (Lipinski definition) is 1. The molecule has 94 valence electrons. The molecule has 0 amide bonds. The Morgan fingerprint density at radius 2 is 2.33 bits per heavy atom. The van der Waals surface area contributed by atoms with Gasteiger partial charge in [-0.3, -0.25) is 10.1 Å². The fourth-order valence-electron chi connectivity index (χ4n) is 1.43. The van der Waals surface area contributed by atoms with Crippen molar-refractivity contribution < 1.29 is 9.66 Å². The van der Waals surface area contributed by atoms with Gasteiger partial charge < -0.3 is 10.1 Å². The van der Waals surface area contributed by atoms with Crippen LogP contribution in [0.3, 0.4) is 0 Å². The number of methoxy groups -OCH3 is 1. The molecule has 0 unspecified atom stereocenters. The van der Waals surface area contributed by atoms with Crippen LogP contribution >= 0.6 is 11.3 Å². The van der Waals surface area contributed by atoms with Gasteiger partial charge in [0.2, 0.25) is 5.88 Å². The Morgan fingerprint density at radius 1 is 1.50 bits per heavy atom. The van der Waals surface area contributed by atoms with Crippen molar-refractivity contribution in [2.45, 2.75) is 6.54 Å². The molecule has 0 aliphatic heterocycles. The highest BCUT2D eigenvalue weighted by Crippen LogP contribution is 2.26. The molecule has 2 aromatic heterocycles. The van der Waals surface area contributed by atoms with E-state index in [9.17, 15) is 10.1 Å². The minimum atomic E-state index is -0.390. The predicted octanol–water partition coefficient (Wildman–Crippen LogP) is 2.67. The summed E-state index contributed by atoms with van der Waals surface area (Å²) >= 11 is 1.15. The van der Waals surface area contributed by atoms with Crippen LogP contribution in [0, 0.1) is 10.1 Å². The molecule has 0 atom stereocenters. The molecular weight excluding hydrogens is 254 g/mol. The summed E-state index contributed by atoms with van der Waals surface area (Å²) in [6.07, 6.45) is 1.64. The highest BCUT2D eigenvalue weighted by atomic mass is 32.1. The number of ether oxygens (including phenoxy) is 1. The molecule has 0 aliphatic carbocycles. The first-order chi connectivity index (χ1) is 8.70. The lowest BCUT2D eigenvalue weighted by Crippen LogP contribution is -2.00. The van der Waals surface area contributed by atoms with Gasteiger partial charge in [-0.15, -0.1) is 0 Å². The number of pyridine rings is 1. The SMILES string of the molecule is COc1ncccc1NCc1ccc([N+](=O)[O-])s1. The van der Waals surface area contributed by atoms with E-state index in [4.69, 9.17) is 4.74 Å². The third-order valence-corrected chi connectivity index (χ3v) is 3.28. The Hall–Kier alpha value is -2.15. The van der Waals surface area contributed by atoms with Gasteiger partial charge >= 0.3 is 5.00 Å². The summed E-state index contributed by atoms with van der Waals surface area (Å²) in [6, 6.07) is 6.87. The number of nitrogens with zero attached hydrogens (tertiary/aromatic N) is 2. The molecule has 2 heterocycles. The summed E-state index contributed by atoms with van der Waals surface area (Å²) < 4.78 is 5.10. The highest BCUT2D eigenvalue weighted by Gasteiger charge is 2.10. The number of nitro groups is 1. The fourth-order valence-corrected chi connectivity index (χ4v) is 2.19. The second-order valence-electron chi connectivity index (χ2n) is 3.41. The standard InChI is InChI=1S/C11H11N3O3S/c1-17-11-9(3-2-6-12-11)13-7-8-4-5-10(18-8)14(15)16/h2-6,13H,7H2,1H3. The molecular formula is C11H11N3O3S. The van der Waals surface area contributed by atoms with E-state index in [0.29, 0.717) is 12.4 Å². The number of thiophene rings is 1. The summed E-state index contributed by atoms with van der Waals surface area (Å²) in [6.45, 7) is 0.501. The van der Waals surface area contributed by atoms with Crippen LogP contribution in [-0.4, -0.2) is 17.0 Å². The molecule has 0 fully saturated rings. The van der Waals surface area contributed by atoms with Crippen LogP contribution in [0.25, 0.3) is 0 Å². The Kier molecular flexibility index (Phi) is 3.73. The maximum atomic E-state index is 10.6. The average Bonchev–Trinajstić information content (AvgIpc) is 2.85. The van der Waals surface area contributed by atoms with E-state index >= 15 is 0 Å². The van der Waals surface area contributed by atoms with Gasteiger partial charge in [0, 0.05) is 23.7 Å². The zero-order valence-corrected chi connectivity index (χ0v) is 10.4. The van der Waals surface area contributed by atoms with E-state index in [2.05, 4.69) is 10.3 Å². The predicted molar refractivity (Wildman–Crippen MR) is 69.1 cm³/mol. The van der Waals surface area contributed by atoms with Gasteiger partial charge in [-0.05, 0) is 18.2 Å². The van der Waals surface area contributed by atoms with Crippen LogP contribution in [-0.2, 0) is 6.54 Å². The van der Waals surface area contributed by atoms with Crippen molar-refractivity contribution in [3.8, 4) is 5.88 Å². The van der Waals surface area contributed by atoms with E-state index < -0.39 is 4.92 Å². The molecule has 0 aromatic carbocycles. The summed E-state index contributed by atoms with van der Waals surface area (Å²) in [5, 5.41) is 13.8. The highest BCUT2D eigenvalue weighted by molar-refractivity contribution is 7.15. The average molecular weight is 265 g/mol. The van der Waals surface area contributed by atoms with Gasteiger partial charge in [-0.1, -0.05) is 11.3 Å². The maximum absolute atomic E-state index is 10.6. The van der Waals surface area contributed by atoms with Gasteiger partial charge in [-0.2, -0.15) is 0 Å². The molecule has 0 aliphatic rings. The Balaban J connectivity index is 2.04. The van der Waals surface area contributed by atoms with Crippen LogP contribution < -0.4 is 10.1 Å². The van der Waals surface area contributed by atoms with E-state index in [-0.39, 0.29) is 5.00 Å². The largest absolute Gasteiger partial charge is 0.480 e. The lowest BCUT2D eigenvalue weighted by atomic mass is 10.4. The first-order valence-corrected chi connectivity index (χ1v) is 5.98. The third kappa shape index (κ3) is 2.75. The molecule has 6 nitrogen and oxygen atoms in total. The molecule has 0 saturated heterocycles. The van der Waals surface area contributed by atoms with Crippen molar-refractivity contribution in [2.75, 3.05) is 12.4 Å². The van der Waals surface area contributed by atoms with Crippen molar-refractivity contribution in [2.24, 2.45) is 0 Å². The second kappa shape index (κ2) is 5.46. The third-order valence-electron chi connectivity index (χ3n) is 2.24. The maximum Gasteiger partial charge on any atom is 0.324 e. The van der Waals surface area contributed by atoms with Crippen LogP contribution in [0.15, 0.2) is 30.5 Å². The molecule has 2 rings (SSSR count). The first kappa shape index (κ1) is 12.3. The van der Waals surface area contributed by atoms with Gasteiger partial charge in [0.05, 0.1) is 17.7 Å². The van der Waals surface area contributed by atoms with E-state index in [1.165, 1.54) is 6.07 Å². The summed E-state index contributed by atoms with van der Waals surface area (Å²) in [4.78, 5) is 15.1. The molecule has 0 spiro atoms. The molecule has 18 heavy (non-hydrogen) atoms. The van der Waals surface area contributed by atoms with Crippen LogP contribution in [0.2, 0.25) is 0 Å². The van der Waals surface area contributed by atoms with Gasteiger partial charge in [0.15, 0.2) is 0 Å². The van der Waals surface area contributed by atoms with Gasteiger partial charge in [0.1, 0.15) is 0 Å². The zero-order chi connectivity index (χ0) is 13.0. The molecule has 0 radical (unpaired) electrons. The van der Waals surface area contributed by atoms with Crippen molar-refractivity contribution in [1.29, 1.82) is 0 Å². The monoisotopic (exact) mass is 265 g/mol. The minimum absolute atomic E-state index is 0.143. The minimum Gasteiger partial charge on any atom is -0.480 e. The van der Waals surface area contributed by atoms with Gasteiger partial charge in [0.25, 0.3) is 0 Å². The molecule has 2 aromatic rings. The zero-order valence-electron chi connectivity index (χ0n) is 9.62. The number of hydrogen-bond acceptors (Lipinski definition) is 6. The van der Waals surface area contributed by atoms with Gasteiger partial charge in [-0.25, -0.2) is 4.98 Å². The summed E-state index contributed by atoms with van der Waals surface area (Å²) in [5.74, 6) is 0.503. The quantitative estimate of drug-likeness (QED) is 0.664. The summed E-state index contributed by atoms with van der Waals surface area (Å²) in [5.41, 5.74) is 0.760. The van der Waals surface area contributed by atoms with E-state index in [0.717, 1.165) is 21.9 Å². The van der Waals surface area contributed by atoms with Crippen molar-refractivity contribution in [3.05, 3.63) is 45.5 Å². The van der Waals surface area contributed by atoms with Crippen LogP contribution in [0.4, 0.5) is 10.7 Å². The normalized spacial score (nSPS) is 10.1. The smallest absolute Gasteiger partial charge is 0.324 e. The lowest BCUT2D eigenvalue weighted by Gasteiger charge is -2.08. The van der Waals surface area contributed by atoms with Crippen LogP contribution in [0.1, 0.15) is 4.88 Å². The van der Waals surface area contributed by atoms with E-state index in [1.807, 2.05) is 6.07 Å². The molecule has 0 saturated carbocycles. The number of aromatic nitrogens is 1. The Labute approximate surface area is 107 Å². The lowest BCUT2D eigenvalue weighted by molar-refractivity contribution is -0.380. The van der Waals surface area contributed by atoms with Crippen molar-refractivity contribution in [3.63, 3.8) is 0 Å². The second-order valence-corrected chi connectivity index (χ2v) is 4.56. The Bertz CT molecular complexity index is 556. The Morgan fingerprint density at radius 3 is 3.00 bits per heavy atom. The van der Waals surface area contributed by atoms with Crippen molar-refractivity contribution in [1.82, 2.24) is 4.98 Å². The van der Waals surface area contributed by atoms with Crippen LogP contribution in [0.5, 0.6) is 5.88 Å². The number of nitrogens with one attached hydrogen (secondary N) is 1. The molecule has 1 N–H and O–H groups in total. The fraction of sp³-hybridized carbons (Fsp3) is 0.182. The molecule has 7 heteroatoms.